The van der Waals surface area contributed by atoms with Crippen molar-refractivity contribution in [3.05, 3.63) is 24.8 Å². The maximum atomic E-state index is 13.9. The Hall–Kier alpha value is -3.21. The van der Waals surface area contributed by atoms with Gasteiger partial charge >= 0.3 is 6.09 Å². The molecule has 8 nitrogen and oxygen atoms in total. The van der Waals surface area contributed by atoms with Crippen LogP contribution < -0.4 is 10.6 Å². The zero-order valence-corrected chi connectivity index (χ0v) is 26.2. The van der Waals surface area contributed by atoms with E-state index in [-0.39, 0.29) is 35.4 Å². The number of ketones is 3. The van der Waals surface area contributed by atoms with E-state index in [0.717, 1.165) is 0 Å². The fraction of sp³-hybridized carbons (Fsp3) is 0.667. The molecule has 2 fully saturated rings. The summed E-state index contributed by atoms with van der Waals surface area (Å²) < 4.78 is 5.42. The van der Waals surface area contributed by atoms with Crippen LogP contribution in [0.4, 0.5) is 4.79 Å². The summed E-state index contributed by atoms with van der Waals surface area (Å²) in [6.07, 6.45) is 5.07. The normalized spacial score (nSPS) is 24.5. The number of hydrogen-bond donors (Lipinski definition) is 2. The molecule has 2 aliphatic carbocycles. The van der Waals surface area contributed by atoms with E-state index in [1.54, 1.807) is 39.8 Å². The number of carbonyl (C=O) groups excluding carboxylic acids is 5. The fourth-order valence-electron chi connectivity index (χ4n) is 5.99. The number of carbonyl (C=O) groups is 5. The molecule has 2 saturated carbocycles. The van der Waals surface area contributed by atoms with Crippen LogP contribution in [0.15, 0.2) is 24.8 Å². The van der Waals surface area contributed by atoms with E-state index in [1.165, 1.54) is 6.08 Å². The summed E-state index contributed by atoms with van der Waals surface area (Å²) in [5.74, 6) is 2.83. The van der Waals surface area contributed by atoms with Gasteiger partial charge in [0.2, 0.25) is 17.5 Å². The van der Waals surface area contributed by atoms with Gasteiger partial charge in [-0.25, -0.2) is 4.79 Å². The van der Waals surface area contributed by atoms with Gasteiger partial charge in [-0.15, -0.1) is 18.4 Å². The maximum Gasteiger partial charge on any atom is 0.408 e. The van der Waals surface area contributed by atoms with Gasteiger partial charge in [0.1, 0.15) is 11.6 Å². The van der Waals surface area contributed by atoms with E-state index in [2.05, 4.69) is 42.9 Å². The summed E-state index contributed by atoms with van der Waals surface area (Å²) in [6, 6.07) is -1.89. The zero-order valence-electron chi connectivity index (χ0n) is 26.2. The number of nitrogens with one attached hydrogen (secondary N) is 2. The highest BCUT2D eigenvalue weighted by Crippen LogP contribution is 2.68. The predicted molar refractivity (Wildman–Crippen MR) is 159 cm³/mol. The maximum absolute atomic E-state index is 13.9. The molecule has 5 unspecified atom stereocenters. The van der Waals surface area contributed by atoms with Crippen LogP contribution in [0.3, 0.4) is 0 Å². The van der Waals surface area contributed by atoms with Gasteiger partial charge in [-0.2, -0.15) is 0 Å². The van der Waals surface area contributed by atoms with E-state index in [4.69, 9.17) is 4.74 Å². The smallest absolute Gasteiger partial charge is 0.408 e. The van der Waals surface area contributed by atoms with Crippen LogP contribution in [0.2, 0.25) is 0 Å². The fourth-order valence-corrected chi connectivity index (χ4v) is 5.99. The number of Topliss-reactive ketones (excluding diaryl/α,β-unsaturated/α-hetero) is 2. The molecule has 0 spiro atoms. The Morgan fingerprint density at radius 3 is 2.22 bits per heavy atom. The van der Waals surface area contributed by atoms with Crippen molar-refractivity contribution in [2.45, 2.75) is 106 Å². The first-order chi connectivity index (χ1) is 18.8. The molecule has 2 amide bonds. The molecule has 8 heteroatoms. The number of amides is 2. The standard InChI is InChI=1S/C33H48N2O6/c1-11-13-15-17-24(36)27(38)23(16-14-12-2)34-29(39)21-18-20(19-22-25(21)33(22,9)10)26(37)28(31(3,4)5)35-30(40)41-32(6,7)8/h11,15,17,20-23,25,28H,1,13,16,18-19H2,2-10H3,(H,34,39)(H,35,40)/b17-15+/t20?,21-,22?,23?,25?,28?/m0/s1. The second-order valence-electron chi connectivity index (χ2n) is 13.9. The lowest BCUT2D eigenvalue weighted by Gasteiger charge is -2.36. The highest BCUT2D eigenvalue weighted by Gasteiger charge is 2.65. The molecule has 2 aliphatic rings. The number of fused-ring (bicyclic) bond motifs is 1. The quantitative estimate of drug-likeness (QED) is 0.157. The Kier molecular flexibility index (Phi) is 10.9. The molecule has 0 saturated heterocycles. The summed E-state index contributed by atoms with van der Waals surface area (Å²) in [5, 5.41) is 5.58. The van der Waals surface area contributed by atoms with Gasteiger partial charge in [0.25, 0.3) is 0 Å². The van der Waals surface area contributed by atoms with E-state index in [0.29, 0.717) is 19.3 Å². The van der Waals surface area contributed by atoms with Gasteiger partial charge < -0.3 is 15.4 Å². The SMILES string of the molecule is C=CC/C=C/C(=O)C(=O)C(CC#CC)NC(=O)[C@H]1CC(C(=O)C(NC(=O)OC(C)(C)C)C(C)(C)C)CC2C1C2(C)C. The van der Waals surface area contributed by atoms with Crippen molar-refractivity contribution in [3.8, 4) is 11.8 Å². The lowest BCUT2D eigenvalue weighted by atomic mass is 9.73. The molecule has 41 heavy (non-hydrogen) atoms. The Labute approximate surface area is 245 Å². The van der Waals surface area contributed by atoms with Crippen LogP contribution in [-0.2, 0) is 23.9 Å². The monoisotopic (exact) mass is 568 g/mol. The van der Waals surface area contributed by atoms with E-state index in [1.807, 2.05) is 20.8 Å². The second kappa shape index (κ2) is 13.2. The van der Waals surface area contributed by atoms with Crippen molar-refractivity contribution in [1.29, 1.82) is 0 Å². The van der Waals surface area contributed by atoms with Gasteiger partial charge in [-0.1, -0.05) is 46.8 Å². The van der Waals surface area contributed by atoms with Crippen molar-refractivity contribution in [3.63, 3.8) is 0 Å². The molecule has 0 aromatic rings. The molecule has 6 atom stereocenters. The predicted octanol–water partition coefficient (Wildman–Crippen LogP) is 4.96. The molecule has 0 heterocycles. The van der Waals surface area contributed by atoms with Crippen LogP contribution in [0.5, 0.6) is 0 Å². The van der Waals surface area contributed by atoms with Gasteiger partial charge in [-0.3, -0.25) is 19.2 Å². The van der Waals surface area contributed by atoms with Gasteiger partial charge in [0.15, 0.2) is 5.78 Å². The van der Waals surface area contributed by atoms with Gasteiger partial charge in [0.05, 0.1) is 6.04 Å². The average Bonchev–Trinajstić information content (AvgIpc) is 3.42. The Balaban J connectivity index is 2.28. The minimum absolute atomic E-state index is 0.0145. The highest BCUT2D eigenvalue weighted by atomic mass is 16.6. The average molecular weight is 569 g/mol. The Bertz CT molecular complexity index is 1140. The summed E-state index contributed by atoms with van der Waals surface area (Å²) >= 11 is 0. The number of alkyl carbamates (subject to hydrolysis) is 1. The van der Waals surface area contributed by atoms with Crippen LogP contribution in [0.25, 0.3) is 0 Å². The van der Waals surface area contributed by atoms with Crippen molar-refractivity contribution in [2.24, 2.45) is 34.5 Å². The van der Waals surface area contributed by atoms with Crippen molar-refractivity contribution in [1.82, 2.24) is 10.6 Å². The summed E-state index contributed by atoms with van der Waals surface area (Å²) in [6.45, 7) is 20.3. The Morgan fingerprint density at radius 1 is 1.05 bits per heavy atom. The number of rotatable bonds is 11. The van der Waals surface area contributed by atoms with E-state index < -0.39 is 52.6 Å². The first kappa shape index (κ1) is 34.0. The largest absolute Gasteiger partial charge is 0.444 e. The minimum Gasteiger partial charge on any atom is -0.444 e. The molecule has 0 radical (unpaired) electrons. The molecule has 0 aliphatic heterocycles. The molecule has 0 bridgehead atoms. The molecule has 2 N–H and O–H groups in total. The van der Waals surface area contributed by atoms with Crippen molar-refractivity contribution in [2.75, 3.05) is 0 Å². The van der Waals surface area contributed by atoms with Gasteiger partial charge in [-0.05, 0) is 75.7 Å². The lowest BCUT2D eigenvalue weighted by Crippen LogP contribution is -2.53. The second-order valence-corrected chi connectivity index (χ2v) is 13.9. The molecule has 0 aromatic heterocycles. The van der Waals surface area contributed by atoms with Crippen LogP contribution in [0, 0.1) is 46.3 Å². The van der Waals surface area contributed by atoms with Gasteiger partial charge in [0, 0.05) is 18.3 Å². The third-order valence-electron chi connectivity index (χ3n) is 8.13. The zero-order chi connectivity index (χ0) is 31.3. The van der Waals surface area contributed by atoms with Crippen LogP contribution >= 0.6 is 0 Å². The molecular weight excluding hydrogens is 520 g/mol. The first-order valence-electron chi connectivity index (χ1n) is 14.4. The third kappa shape index (κ3) is 8.89. The van der Waals surface area contributed by atoms with Crippen LogP contribution in [0.1, 0.15) is 88.0 Å². The summed E-state index contributed by atoms with van der Waals surface area (Å²) in [4.78, 5) is 65.7. The molecule has 2 rings (SSSR count). The molecule has 0 aromatic carbocycles. The first-order valence-corrected chi connectivity index (χ1v) is 14.4. The molecular formula is C33H48N2O6. The minimum atomic E-state index is -1.08. The van der Waals surface area contributed by atoms with Crippen molar-refractivity contribution < 1.29 is 28.7 Å². The number of ether oxygens (including phenoxy) is 1. The third-order valence-corrected chi connectivity index (χ3v) is 8.13. The number of allylic oxidation sites excluding steroid dienone is 3. The number of hydrogen-bond acceptors (Lipinski definition) is 6. The van der Waals surface area contributed by atoms with Crippen LogP contribution in [-0.4, -0.2) is 47.0 Å². The Morgan fingerprint density at radius 2 is 1.68 bits per heavy atom. The molecule has 226 valence electrons. The summed E-state index contributed by atoms with van der Waals surface area (Å²) in [5.41, 5.74) is -1.45. The topological polar surface area (TPSA) is 119 Å². The van der Waals surface area contributed by atoms with E-state index in [9.17, 15) is 24.0 Å². The lowest BCUT2D eigenvalue weighted by molar-refractivity contribution is -0.138. The highest BCUT2D eigenvalue weighted by molar-refractivity contribution is 6.43. The van der Waals surface area contributed by atoms with Crippen molar-refractivity contribution >= 4 is 29.4 Å². The van der Waals surface area contributed by atoms with E-state index >= 15 is 0 Å². The summed E-state index contributed by atoms with van der Waals surface area (Å²) in [7, 11) is 0.